The van der Waals surface area contributed by atoms with Gasteiger partial charge in [-0.3, -0.25) is 4.98 Å². The van der Waals surface area contributed by atoms with Crippen molar-refractivity contribution in [2.24, 2.45) is 0 Å². The number of hydrogen-bond acceptors (Lipinski definition) is 7. The number of esters is 1. The second-order valence-electron chi connectivity index (χ2n) is 8.21. The Labute approximate surface area is 209 Å². The molecule has 1 saturated heterocycles. The minimum atomic E-state index is -0.520. The maximum absolute atomic E-state index is 13.7. The molecule has 4 rings (SSSR count). The first kappa shape index (κ1) is 25.0. The summed E-state index contributed by atoms with van der Waals surface area (Å²) in [5.74, 6) is -0.308. The Balaban J connectivity index is 1.83. The van der Waals surface area contributed by atoms with Gasteiger partial charge < -0.3 is 24.6 Å². The number of aromatic nitrogens is 1. The van der Waals surface area contributed by atoms with Crippen molar-refractivity contribution in [1.82, 2.24) is 9.88 Å². The molecule has 1 N–H and O–H groups in total. The van der Waals surface area contributed by atoms with Crippen molar-refractivity contribution >= 4 is 45.5 Å². The number of piperazine rings is 1. The maximum atomic E-state index is 13.7. The quantitative estimate of drug-likeness (QED) is 0.410. The Bertz CT molecular complexity index is 1210. The number of carbonyl (C=O) groups is 1. The Hall–Kier alpha value is -3.10. The van der Waals surface area contributed by atoms with Crippen LogP contribution in [0.25, 0.3) is 10.9 Å². The van der Waals surface area contributed by atoms with E-state index in [1.54, 1.807) is 13.0 Å². The van der Waals surface area contributed by atoms with E-state index < -0.39 is 11.8 Å². The molecule has 186 valence electrons. The van der Waals surface area contributed by atoms with E-state index in [4.69, 9.17) is 21.1 Å². The molecule has 0 radical (unpaired) electrons. The molecule has 0 saturated carbocycles. The van der Waals surface area contributed by atoms with E-state index in [1.807, 2.05) is 19.1 Å². The number of fused-ring (bicyclic) bond motifs is 1. The number of halogens is 2. The summed E-state index contributed by atoms with van der Waals surface area (Å²) in [7, 11) is 0. The molecule has 3 aromatic rings. The molecular formula is C26H30ClFN4O3. The van der Waals surface area contributed by atoms with E-state index in [9.17, 15) is 9.18 Å². The molecule has 1 fully saturated rings. The minimum absolute atomic E-state index is 0.0189. The molecule has 35 heavy (non-hydrogen) atoms. The molecular weight excluding hydrogens is 471 g/mol. The minimum Gasteiger partial charge on any atom is -0.492 e. The summed E-state index contributed by atoms with van der Waals surface area (Å²) in [5, 5.41) is 3.91. The first-order valence-corrected chi connectivity index (χ1v) is 12.3. The summed E-state index contributed by atoms with van der Waals surface area (Å²) in [6.45, 7) is 11.4. The highest BCUT2D eigenvalue weighted by molar-refractivity contribution is 6.31. The largest absolute Gasteiger partial charge is 0.492 e. The molecule has 0 spiro atoms. The summed E-state index contributed by atoms with van der Waals surface area (Å²) in [5.41, 5.74) is 2.98. The average molecular weight is 501 g/mol. The topological polar surface area (TPSA) is 66.9 Å². The molecule has 0 unspecified atom stereocenters. The number of benzene rings is 2. The van der Waals surface area contributed by atoms with Crippen LogP contribution in [-0.2, 0) is 4.74 Å². The predicted molar refractivity (Wildman–Crippen MR) is 138 cm³/mol. The first-order chi connectivity index (χ1) is 16.9. The molecule has 2 heterocycles. The fourth-order valence-corrected chi connectivity index (χ4v) is 4.43. The summed E-state index contributed by atoms with van der Waals surface area (Å²) in [6.07, 6.45) is 1.51. The molecule has 2 aromatic carbocycles. The van der Waals surface area contributed by atoms with Gasteiger partial charge in [-0.1, -0.05) is 18.5 Å². The van der Waals surface area contributed by atoms with Gasteiger partial charge in [0.15, 0.2) is 0 Å². The second kappa shape index (κ2) is 11.1. The van der Waals surface area contributed by atoms with Gasteiger partial charge in [-0.15, -0.1) is 0 Å². The Morgan fingerprint density at radius 1 is 1.11 bits per heavy atom. The van der Waals surface area contributed by atoms with Gasteiger partial charge in [0.1, 0.15) is 17.1 Å². The Kier molecular flexibility index (Phi) is 7.93. The van der Waals surface area contributed by atoms with Gasteiger partial charge in [0.2, 0.25) is 0 Å². The van der Waals surface area contributed by atoms with Crippen molar-refractivity contribution in [3.63, 3.8) is 0 Å². The number of rotatable bonds is 8. The van der Waals surface area contributed by atoms with Crippen LogP contribution in [0.5, 0.6) is 5.75 Å². The van der Waals surface area contributed by atoms with Gasteiger partial charge in [-0.25, -0.2) is 9.18 Å². The molecule has 9 heteroatoms. The fourth-order valence-electron chi connectivity index (χ4n) is 4.25. The third-order valence-corrected chi connectivity index (χ3v) is 6.38. The number of ether oxygens (including phenoxy) is 2. The predicted octanol–water partition coefficient (Wildman–Crippen LogP) is 5.49. The number of nitrogens with one attached hydrogen (secondary N) is 1. The third-order valence-electron chi connectivity index (χ3n) is 6.09. The zero-order valence-corrected chi connectivity index (χ0v) is 21.0. The highest BCUT2D eigenvalue weighted by atomic mass is 35.5. The smallest absolute Gasteiger partial charge is 0.341 e. The van der Waals surface area contributed by atoms with Crippen LogP contribution in [0.2, 0.25) is 5.02 Å². The molecule has 0 aliphatic carbocycles. The Morgan fingerprint density at radius 2 is 1.89 bits per heavy atom. The summed E-state index contributed by atoms with van der Waals surface area (Å²) in [6, 6.07) is 8.22. The number of hydrogen-bond donors (Lipinski definition) is 1. The van der Waals surface area contributed by atoms with E-state index >= 15 is 0 Å². The lowest BCUT2D eigenvalue weighted by Gasteiger charge is -2.36. The van der Waals surface area contributed by atoms with Crippen molar-refractivity contribution in [3.05, 3.63) is 52.9 Å². The van der Waals surface area contributed by atoms with Crippen molar-refractivity contribution in [1.29, 1.82) is 0 Å². The van der Waals surface area contributed by atoms with Gasteiger partial charge in [0.05, 0.1) is 35.1 Å². The summed E-state index contributed by atoms with van der Waals surface area (Å²) >= 11 is 6.00. The zero-order valence-electron chi connectivity index (χ0n) is 20.2. The number of carbonyl (C=O) groups excluding carboxylic acids is 1. The van der Waals surface area contributed by atoms with Crippen LogP contribution in [0.15, 0.2) is 36.5 Å². The fraction of sp³-hybridized carbons (Fsp3) is 0.385. The normalized spacial score (nSPS) is 14.3. The van der Waals surface area contributed by atoms with Crippen molar-refractivity contribution < 1.29 is 18.7 Å². The lowest BCUT2D eigenvalue weighted by Crippen LogP contribution is -2.46. The van der Waals surface area contributed by atoms with Crippen LogP contribution >= 0.6 is 11.6 Å². The number of likely N-dealkylation sites (N-methyl/N-ethyl adjacent to an activating group) is 1. The van der Waals surface area contributed by atoms with Crippen LogP contribution in [0.4, 0.5) is 21.5 Å². The molecule has 1 aliphatic rings. The number of nitrogens with zero attached hydrogens (tertiary/aromatic N) is 3. The van der Waals surface area contributed by atoms with E-state index in [-0.39, 0.29) is 17.2 Å². The van der Waals surface area contributed by atoms with Gasteiger partial charge in [0, 0.05) is 43.4 Å². The monoisotopic (exact) mass is 500 g/mol. The number of anilines is 3. The van der Waals surface area contributed by atoms with E-state index in [2.05, 4.69) is 27.0 Å². The molecule has 7 nitrogen and oxygen atoms in total. The van der Waals surface area contributed by atoms with Crippen molar-refractivity contribution in [2.75, 3.05) is 56.2 Å². The molecule has 1 aliphatic heterocycles. The molecule has 0 atom stereocenters. The third kappa shape index (κ3) is 5.44. The lowest BCUT2D eigenvalue weighted by molar-refractivity contribution is 0.0527. The van der Waals surface area contributed by atoms with Gasteiger partial charge >= 0.3 is 5.97 Å². The summed E-state index contributed by atoms with van der Waals surface area (Å²) in [4.78, 5) is 22.1. The molecule has 1 aromatic heterocycles. The molecule has 0 amide bonds. The maximum Gasteiger partial charge on any atom is 0.341 e. The second-order valence-corrected chi connectivity index (χ2v) is 8.62. The summed E-state index contributed by atoms with van der Waals surface area (Å²) < 4.78 is 25.0. The van der Waals surface area contributed by atoms with E-state index in [1.165, 1.54) is 18.3 Å². The van der Waals surface area contributed by atoms with Crippen LogP contribution in [0, 0.1) is 5.82 Å². The highest BCUT2D eigenvalue weighted by Gasteiger charge is 2.23. The van der Waals surface area contributed by atoms with Gasteiger partial charge in [-0.2, -0.15) is 0 Å². The average Bonchev–Trinajstić information content (AvgIpc) is 2.86. The highest BCUT2D eigenvalue weighted by Crippen LogP contribution is 2.39. The van der Waals surface area contributed by atoms with Crippen molar-refractivity contribution in [2.45, 2.75) is 20.8 Å². The van der Waals surface area contributed by atoms with Crippen LogP contribution in [0.1, 0.15) is 31.1 Å². The van der Waals surface area contributed by atoms with Gasteiger partial charge in [-0.05, 0) is 50.7 Å². The first-order valence-electron chi connectivity index (χ1n) is 11.9. The molecule has 0 bridgehead atoms. The van der Waals surface area contributed by atoms with Gasteiger partial charge in [0.25, 0.3) is 0 Å². The number of pyridine rings is 1. The van der Waals surface area contributed by atoms with Crippen LogP contribution in [-0.4, -0.2) is 61.8 Å². The Morgan fingerprint density at radius 3 is 2.54 bits per heavy atom. The van der Waals surface area contributed by atoms with E-state index in [0.29, 0.717) is 34.6 Å². The van der Waals surface area contributed by atoms with Crippen LogP contribution in [0.3, 0.4) is 0 Å². The van der Waals surface area contributed by atoms with Crippen LogP contribution < -0.4 is 15.0 Å². The zero-order chi connectivity index (χ0) is 24.9. The van der Waals surface area contributed by atoms with Crippen molar-refractivity contribution in [3.8, 4) is 5.75 Å². The SMILES string of the molecule is CCOC(=O)c1cnc2cc(N3CCN(CC)CC3)c(OCC)cc2c1Nc1ccc(F)c(Cl)c1. The standard InChI is InChI=1S/C26H30ClFN4O3/c1-4-31-9-11-32(12-10-31)23-15-22-18(14-24(23)34-5-2)25(19(16-29-22)26(33)35-6-3)30-17-7-8-21(28)20(27)13-17/h7-8,13-16H,4-6,9-12H2,1-3H3,(H,29,30). The van der Waals surface area contributed by atoms with E-state index in [0.717, 1.165) is 38.4 Å². The lowest BCUT2D eigenvalue weighted by atomic mass is 10.1.